The second-order valence-corrected chi connectivity index (χ2v) is 6.25. The molecule has 0 aliphatic carbocycles. The molecule has 1 fully saturated rings. The fraction of sp³-hybridized carbons (Fsp3) is 0.412. The predicted molar refractivity (Wildman–Crippen MR) is 98.1 cm³/mol. The Morgan fingerprint density at radius 2 is 2.29 bits per heavy atom. The van der Waals surface area contributed by atoms with Gasteiger partial charge in [0.05, 0.1) is 6.04 Å². The van der Waals surface area contributed by atoms with Crippen LogP contribution in [0.1, 0.15) is 34.9 Å². The third-order valence-corrected chi connectivity index (χ3v) is 4.31. The number of hydrogen-bond donors (Lipinski definition) is 2. The van der Waals surface area contributed by atoms with Crippen molar-refractivity contribution in [1.29, 1.82) is 0 Å². The number of aromatic nitrogens is 2. The topological polar surface area (TPSA) is 59.0 Å². The predicted octanol–water partition coefficient (Wildman–Crippen LogP) is 2.86. The molecule has 1 atom stereocenters. The van der Waals surface area contributed by atoms with Gasteiger partial charge in [0.2, 0.25) is 0 Å². The second-order valence-electron chi connectivity index (χ2n) is 5.82. The summed E-state index contributed by atoms with van der Waals surface area (Å²) < 4.78 is 1.90. The number of rotatable bonds is 5. The number of carbonyl (C=O) groups excluding carboxylic acids is 1. The molecule has 0 radical (unpaired) electrons. The van der Waals surface area contributed by atoms with Crippen LogP contribution in [-0.2, 0) is 6.42 Å². The maximum Gasteiger partial charge on any atom is 0.271 e. The molecule has 2 aromatic rings. The van der Waals surface area contributed by atoms with Crippen molar-refractivity contribution in [2.75, 3.05) is 19.6 Å². The Hall–Kier alpha value is -1.56. The van der Waals surface area contributed by atoms with Crippen molar-refractivity contribution in [3.63, 3.8) is 0 Å². The van der Waals surface area contributed by atoms with Crippen molar-refractivity contribution in [3.05, 3.63) is 52.8 Å². The van der Waals surface area contributed by atoms with Gasteiger partial charge in [-0.2, -0.15) is 5.10 Å². The fourth-order valence-electron chi connectivity index (χ4n) is 2.83. The van der Waals surface area contributed by atoms with Crippen molar-refractivity contribution in [2.24, 2.45) is 0 Å². The van der Waals surface area contributed by atoms with Gasteiger partial charge in [-0.25, -0.2) is 0 Å². The first kappa shape index (κ1) is 18.8. The third kappa shape index (κ3) is 4.97. The van der Waals surface area contributed by atoms with Crippen LogP contribution in [0, 0.1) is 0 Å². The highest BCUT2D eigenvalue weighted by Crippen LogP contribution is 2.15. The minimum atomic E-state index is -0.130. The summed E-state index contributed by atoms with van der Waals surface area (Å²) in [4.78, 5) is 12.2. The normalized spacial score (nSPS) is 17.1. The molecule has 1 amide bonds. The highest BCUT2D eigenvalue weighted by atomic mass is 35.5. The van der Waals surface area contributed by atoms with Crippen LogP contribution in [0.2, 0.25) is 5.02 Å². The SMILES string of the molecule is Cl.O=C(NCCc1cccc(Cl)c1)c1ccn(C2CCCNC2)n1. The lowest BCUT2D eigenvalue weighted by molar-refractivity contribution is 0.0948. The van der Waals surface area contributed by atoms with E-state index in [9.17, 15) is 4.79 Å². The molecule has 1 unspecified atom stereocenters. The molecular weight excluding hydrogens is 347 g/mol. The molecule has 1 saturated heterocycles. The molecule has 1 aliphatic heterocycles. The molecule has 3 rings (SSSR count). The van der Waals surface area contributed by atoms with Crippen LogP contribution in [0.4, 0.5) is 0 Å². The van der Waals surface area contributed by atoms with E-state index < -0.39 is 0 Å². The fourth-order valence-corrected chi connectivity index (χ4v) is 3.04. The highest BCUT2D eigenvalue weighted by Gasteiger charge is 2.17. The number of halogens is 2. The number of benzene rings is 1. The summed E-state index contributed by atoms with van der Waals surface area (Å²) in [7, 11) is 0. The van der Waals surface area contributed by atoms with Crippen molar-refractivity contribution in [2.45, 2.75) is 25.3 Å². The van der Waals surface area contributed by atoms with Crippen LogP contribution in [-0.4, -0.2) is 35.3 Å². The largest absolute Gasteiger partial charge is 0.350 e. The average molecular weight is 369 g/mol. The minimum Gasteiger partial charge on any atom is -0.350 e. The highest BCUT2D eigenvalue weighted by molar-refractivity contribution is 6.30. The Bertz CT molecular complexity index is 668. The van der Waals surface area contributed by atoms with Crippen LogP contribution in [0.25, 0.3) is 0 Å². The van der Waals surface area contributed by atoms with Gasteiger partial charge < -0.3 is 10.6 Å². The molecule has 0 saturated carbocycles. The number of amides is 1. The number of hydrogen-bond acceptors (Lipinski definition) is 3. The molecule has 0 spiro atoms. The van der Waals surface area contributed by atoms with Gasteiger partial charge in [-0.05, 0) is 49.6 Å². The smallest absolute Gasteiger partial charge is 0.271 e. The molecule has 0 bridgehead atoms. The van der Waals surface area contributed by atoms with Crippen molar-refractivity contribution in [1.82, 2.24) is 20.4 Å². The Balaban J connectivity index is 0.00000208. The van der Waals surface area contributed by atoms with Crippen molar-refractivity contribution >= 4 is 29.9 Å². The molecule has 2 N–H and O–H groups in total. The second kappa shape index (κ2) is 9.06. The first-order valence-corrected chi connectivity index (χ1v) is 8.39. The van der Waals surface area contributed by atoms with Crippen LogP contribution >= 0.6 is 24.0 Å². The molecule has 130 valence electrons. The van der Waals surface area contributed by atoms with Gasteiger partial charge in [0.15, 0.2) is 0 Å². The molecule has 1 aromatic heterocycles. The maximum atomic E-state index is 12.2. The van der Waals surface area contributed by atoms with Crippen LogP contribution in [0.3, 0.4) is 0 Å². The first-order valence-electron chi connectivity index (χ1n) is 8.01. The number of carbonyl (C=O) groups is 1. The molecule has 7 heteroatoms. The van der Waals surface area contributed by atoms with E-state index in [1.54, 1.807) is 6.07 Å². The van der Waals surface area contributed by atoms with E-state index in [1.165, 1.54) is 0 Å². The van der Waals surface area contributed by atoms with Gasteiger partial charge in [0, 0.05) is 24.3 Å². The zero-order chi connectivity index (χ0) is 16.1. The standard InChI is InChI=1S/C17H21ClN4O.ClH/c18-14-4-1-3-13(11-14)6-9-20-17(23)16-7-10-22(21-16)15-5-2-8-19-12-15;/h1,3-4,7,10-11,15,19H,2,5-6,8-9,12H2,(H,20,23);1H. The van der Waals surface area contributed by atoms with Crippen molar-refractivity contribution < 1.29 is 4.79 Å². The Morgan fingerprint density at radius 1 is 1.42 bits per heavy atom. The van der Waals surface area contributed by atoms with E-state index in [0.717, 1.165) is 37.9 Å². The number of piperidine rings is 1. The Kier molecular flexibility index (Phi) is 7.09. The maximum absolute atomic E-state index is 12.2. The lowest BCUT2D eigenvalue weighted by atomic mass is 10.1. The van der Waals surface area contributed by atoms with Gasteiger partial charge in [-0.15, -0.1) is 12.4 Å². The number of nitrogens with one attached hydrogen (secondary N) is 2. The minimum absolute atomic E-state index is 0. The zero-order valence-corrected chi connectivity index (χ0v) is 14.9. The van der Waals surface area contributed by atoms with Crippen LogP contribution < -0.4 is 10.6 Å². The summed E-state index contributed by atoms with van der Waals surface area (Å²) in [5, 5.41) is 11.4. The van der Waals surface area contributed by atoms with E-state index in [0.29, 0.717) is 23.3 Å². The lowest BCUT2D eigenvalue weighted by Gasteiger charge is -2.22. The van der Waals surface area contributed by atoms with Gasteiger partial charge in [-0.1, -0.05) is 23.7 Å². The van der Waals surface area contributed by atoms with Crippen molar-refractivity contribution in [3.8, 4) is 0 Å². The monoisotopic (exact) mass is 368 g/mol. The van der Waals surface area contributed by atoms with Crippen LogP contribution in [0.15, 0.2) is 36.5 Å². The Labute approximate surface area is 153 Å². The summed E-state index contributed by atoms with van der Waals surface area (Å²) in [6.07, 6.45) is 4.89. The molecular formula is C17H22Cl2N4O. The quantitative estimate of drug-likeness (QED) is 0.852. The third-order valence-electron chi connectivity index (χ3n) is 4.07. The summed E-state index contributed by atoms with van der Waals surface area (Å²) in [5.41, 5.74) is 1.58. The lowest BCUT2D eigenvalue weighted by Crippen LogP contribution is -2.32. The first-order chi connectivity index (χ1) is 11.2. The summed E-state index contributed by atoms with van der Waals surface area (Å²) in [6.45, 7) is 2.54. The summed E-state index contributed by atoms with van der Waals surface area (Å²) in [5.74, 6) is -0.130. The Morgan fingerprint density at radius 3 is 3.04 bits per heavy atom. The molecule has 24 heavy (non-hydrogen) atoms. The van der Waals surface area contributed by atoms with E-state index >= 15 is 0 Å². The molecule has 5 nitrogen and oxygen atoms in total. The van der Waals surface area contributed by atoms with Gasteiger partial charge in [0.1, 0.15) is 5.69 Å². The van der Waals surface area contributed by atoms with E-state index in [-0.39, 0.29) is 18.3 Å². The zero-order valence-electron chi connectivity index (χ0n) is 13.4. The molecule has 2 heterocycles. The van der Waals surface area contributed by atoms with Crippen LogP contribution in [0.5, 0.6) is 0 Å². The van der Waals surface area contributed by atoms with Gasteiger partial charge >= 0.3 is 0 Å². The average Bonchev–Trinajstić information content (AvgIpc) is 3.06. The van der Waals surface area contributed by atoms with E-state index in [1.807, 2.05) is 35.1 Å². The van der Waals surface area contributed by atoms with Gasteiger partial charge in [0.25, 0.3) is 5.91 Å². The summed E-state index contributed by atoms with van der Waals surface area (Å²) >= 11 is 5.95. The van der Waals surface area contributed by atoms with E-state index in [4.69, 9.17) is 11.6 Å². The van der Waals surface area contributed by atoms with E-state index in [2.05, 4.69) is 15.7 Å². The molecule has 1 aromatic carbocycles. The van der Waals surface area contributed by atoms with Gasteiger partial charge in [-0.3, -0.25) is 9.48 Å². The summed E-state index contributed by atoms with van der Waals surface area (Å²) in [6, 6.07) is 9.80. The molecule has 1 aliphatic rings. The number of nitrogens with zero attached hydrogens (tertiary/aromatic N) is 2.